The first kappa shape index (κ1) is 14.4. The minimum Gasteiger partial charge on any atom is -0.325 e. The van der Waals surface area contributed by atoms with E-state index in [1.807, 2.05) is 5.59 Å². The van der Waals surface area contributed by atoms with Gasteiger partial charge >= 0.3 is 0 Å². The average Bonchev–Trinajstić information content (AvgIpc) is 2.04. The largest absolute Gasteiger partial charge is 0.325 e. The van der Waals surface area contributed by atoms with Gasteiger partial charge in [-0.2, -0.15) is 0 Å². The van der Waals surface area contributed by atoms with Crippen LogP contribution in [0.2, 0.25) is 0 Å². The molecular weight excluding hydrogens is 305 g/mol. The first-order valence-corrected chi connectivity index (χ1v) is 5.39. The van der Waals surface area contributed by atoms with Gasteiger partial charge in [0.1, 0.15) is 0 Å². The van der Waals surface area contributed by atoms with Crippen LogP contribution in [-0.2, 0) is 9.88 Å². The van der Waals surface area contributed by atoms with Gasteiger partial charge in [0.05, 0.1) is 18.0 Å². The monoisotopic (exact) mass is 322 g/mol. The summed E-state index contributed by atoms with van der Waals surface area (Å²) in [5.74, 6) is 16.0. The summed E-state index contributed by atoms with van der Waals surface area (Å²) in [4.78, 5) is 8.96. The van der Waals surface area contributed by atoms with Crippen molar-refractivity contribution in [2.45, 2.75) is 0 Å². The molecule has 0 bridgehead atoms. The van der Waals surface area contributed by atoms with E-state index in [0.717, 1.165) is 9.60 Å². The minimum atomic E-state index is -0.778. The van der Waals surface area contributed by atoms with E-state index in [2.05, 4.69) is 22.6 Å². The molecule has 14 heavy (non-hydrogen) atoms. The van der Waals surface area contributed by atoms with E-state index in [4.69, 9.17) is 33.1 Å². The molecule has 10 heteroatoms. The fourth-order valence-corrected chi connectivity index (χ4v) is 1.15. The third-order valence-corrected chi connectivity index (χ3v) is 1.68. The Hall–Kier alpha value is 0.370. The summed E-state index contributed by atoms with van der Waals surface area (Å²) < 4.78 is 0.785. The van der Waals surface area contributed by atoms with E-state index in [1.54, 1.807) is 0 Å². The highest BCUT2D eigenvalue weighted by molar-refractivity contribution is 14.1. The second kappa shape index (κ2) is 7.63. The number of quaternary nitrogens is 1. The molecule has 0 aliphatic rings. The summed E-state index contributed by atoms with van der Waals surface area (Å²) in [5, 5.41) is 1.06. The zero-order valence-corrected chi connectivity index (χ0v) is 9.88. The SMILES string of the molecule is NCC[N+](N)(ONN)ON(N)CCI. The van der Waals surface area contributed by atoms with E-state index < -0.39 is 4.92 Å². The Morgan fingerprint density at radius 2 is 2.14 bits per heavy atom. The number of hydrogen-bond donors (Lipinski definition) is 5. The van der Waals surface area contributed by atoms with Gasteiger partial charge in [0.15, 0.2) is 6.54 Å². The molecular formula is C4H17IN7O2+. The molecule has 0 fully saturated rings. The van der Waals surface area contributed by atoms with Crippen LogP contribution in [0.25, 0.3) is 0 Å². The van der Waals surface area contributed by atoms with Crippen molar-refractivity contribution < 1.29 is 14.8 Å². The van der Waals surface area contributed by atoms with Crippen molar-refractivity contribution in [3.63, 3.8) is 0 Å². The number of nitrogens with zero attached hydrogens (tertiary/aromatic N) is 2. The molecule has 0 amide bonds. The quantitative estimate of drug-likeness (QED) is 0.108. The van der Waals surface area contributed by atoms with Crippen LogP contribution < -0.4 is 28.9 Å². The topological polar surface area (TPSA) is 138 Å². The molecule has 0 spiro atoms. The highest BCUT2D eigenvalue weighted by Crippen LogP contribution is 2.00. The number of hydrazine groups is 2. The molecule has 1 atom stereocenters. The lowest BCUT2D eigenvalue weighted by Crippen LogP contribution is -2.63. The van der Waals surface area contributed by atoms with Gasteiger partial charge in [-0.3, -0.25) is 0 Å². The lowest BCUT2D eigenvalue weighted by Gasteiger charge is -2.26. The van der Waals surface area contributed by atoms with Gasteiger partial charge in [0.2, 0.25) is 0 Å². The highest BCUT2D eigenvalue weighted by atomic mass is 127. The van der Waals surface area contributed by atoms with Crippen molar-refractivity contribution in [1.82, 2.24) is 10.8 Å². The lowest BCUT2D eigenvalue weighted by molar-refractivity contribution is -1.28. The van der Waals surface area contributed by atoms with Crippen LogP contribution in [0.4, 0.5) is 0 Å². The smallest absolute Gasteiger partial charge is 0.179 e. The number of halogens is 1. The van der Waals surface area contributed by atoms with Gasteiger partial charge < -0.3 is 5.73 Å². The average molecular weight is 322 g/mol. The Morgan fingerprint density at radius 3 is 2.57 bits per heavy atom. The number of rotatable bonds is 8. The van der Waals surface area contributed by atoms with Gasteiger partial charge in [-0.15, -0.1) is 5.84 Å². The summed E-state index contributed by atoms with van der Waals surface area (Å²) in [6, 6.07) is 0. The number of hydrogen-bond acceptors (Lipinski definition) is 8. The zero-order valence-electron chi connectivity index (χ0n) is 7.73. The van der Waals surface area contributed by atoms with E-state index in [0.29, 0.717) is 6.54 Å². The molecule has 0 radical (unpaired) electrons. The van der Waals surface area contributed by atoms with Crippen molar-refractivity contribution >= 4 is 22.6 Å². The Balaban J connectivity index is 4.05. The number of nitrogens with one attached hydrogen (secondary N) is 1. The van der Waals surface area contributed by atoms with Gasteiger partial charge in [-0.25, -0.2) is 11.7 Å². The lowest BCUT2D eigenvalue weighted by atomic mass is 10.7. The summed E-state index contributed by atoms with van der Waals surface area (Å²) in [6.45, 7) is 0.950. The predicted octanol–water partition coefficient (Wildman–Crippen LogP) is -2.60. The maximum atomic E-state index is 5.60. The van der Waals surface area contributed by atoms with Gasteiger partial charge in [0, 0.05) is 4.43 Å². The van der Waals surface area contributed by atoms with Gasteiger partial charge in [-0.1, -0.05) is 33.4 Å². The Labute approximate surface area is 95.7 Å². The van der Waals surface area contributed by atoms with E-state index in [-0.39, 0.29) is 13.1 Å². The fraction of sp³-hybridized carbons (Fsp3) is 1.00. The standard InChI is InChI=1S/C4H17IN7O2/c5-1-3-11(8)14-12(9,4-2-6)13-10-7/h10H,1-4,6-9H2/q+1. The van der Waals surface area contributed by atoms with Crippen molar-refractivity contribution in [2.75, 3.05) is 24.1 Å². The third kappa shape index (κ3) is 5.97. The summed E-state index contributed by atoms with van der Waals surface area (Å²) >= 11 is 2.14. The highest BCUT2D eigenvalue weighted by Gasteiger charge is 2.30. The maximum absolute atomic E-state index is 5.60. The zero-order chi connectivity index (χ0) is 11.0. The van der Waals surface area contributed by atoms with Crippen LogP contribution in [-0.4, -0.2) is 34.2 Å². The van der Waals surface area contributed by atoms with Crippen LogP contribution in [0, 0.1) is 0 Å². The molecule has 0 saturated carbocycles. The molecule has 1 unspecified atom stereocenters. The predicted molar refractivity (Wildman–Crippen MR) is 57.6 cm³/mol. The molecule has 9 N–H and O–H groups in total. The second-order valence-electron chi connectivity index (χ2n) is 2.36. The Bertz CT molecular complexity index is 144. The molecule has 0 saturated heterocycles. The molecule has 0 heterocycles. The Morgan fingerprint density at radius 1 is 1.50 bits per heavy atom. The van der Waals surface area contributed by atoms with Crippen molar-refractivity contribution in [3.8, 4) is 0 Å². The molecule has 0 aliphatic carbocycles. The van der Waals surface area contributed by atoms with Crippen LogP contribution in [0.3, 0.4) is 0 Å². The van der Waals surface area contributed by atoms with E-state index in [1.165, 1.54) is 0 Å². The molecule has 0 aromatic heterocycles. The second-order valence-corrected chi connectivity index (χ2v) is 3.44. The summed E-state index contributed by atoms with van der Waals surface area (Å²) in [6.07, 6.45) is 0. The molecule has 86 valence electrons. The minimum absolute atomic E-state index is 0.194. The maximum Gasteiger partial charge on any atom is 0.179 e. The first-order chi connectivity index (χ1) is 6.58. The normalized spacial score (nSPS) is 15.9. The van der Waals surface area contributed by atoms with E-state index >= 15 is 0 Å². The summed E-state index contributed by atoms with van der Waals surface area (Å²) in [7, 11) is 0. The number of nitrogens with two attached hydrogens (primary N) is 4. The Kier molecular flexibility index (Phi) is 7.84. The molecule has 9 nitrogen and oxygen atoms in total. The molecule has 0 rings (SSSR count). The van der Waals surface area contributed by atoms with Crippen LogP contribution >= 0.6 is 22.6 Å². The van der Waals surface area contributed by atoms with Gasteiger partial charge in [-0.05, 0) is 9.88 Å². The summed E-state index contributed by atoms with van der Waals surface area (Å²) in [5.41, 5.74) is 7.23. The number of hydroxylamine groups is 3. The third-order valence-electron chi connectivity index (χ3n) is 1.20. The molecule has 0 aromatic rings. The van der Waals surface area contributed by atoms with E-state index in [9.17, 15) is 0 Å². The van der Waals surface area contributed by atoms with Crippen LogP contribution in [0.15, 0.2) is 0 Å². The van der Waals surface area contributed by atoms with Gasteiger partial charge in [0.25, 0.3) is 0 Å². The molecule has 0 aliphatic heterocycles. The molecule has 0 aromatic carbocycles. The number of alkyl halides is 1. The first-order valence-electron chi connectivity index (χ1n) is 3.86. The van der Waals surface area contributed by atoms with Crippen LogP contribution in [0.1, 0.15) is 0 Å². The van der Waals surface area contributed by atoms with Crippen molar-refractivity contribution in [1.29, 1.82) is 0 Å². The van der Waals surface area contributed by atoms with Crippen LogP contribution in [0.5, 0.6) is 0 Å². The van der Waals surface area contributed by atoms with Crippen molar-refractivity contribution in [3.05, 3.63) is 0 Å². The van der Waals surface area contributed by atoms with Crippen molar-refractivity contribution in [2.24, 2.45) is 23.3 Å². The fourth-order valence-electron chi connectivity index (χ4n) is 0.674.